The zero-order chi connectivity index (χ0) is 26.3. The van der Waals surface area contributed by atoms with Gasteiger partial charge in [0.15, 0.2) is 0 Å². The van der Waals surface area contributed by atoms with Gasteiger partial charge in [-0.2, -0.15) is 0 Å². The molecule has 4 nitrogen and oxygen atoms in total. The number of pyridine rings is 3. The third kappa shape index (κ3) is 3.77. The number of aliphatic imine (C=N–C) groups is 1. The minimum Gasteiger partial charge on any atom is -0.262 e. The predicted molar refractivity (Wildman–Crippen MR) is 164 cm³/mol. The minimum absolute atomic E-state index is 0.805. The Bertz CT molecular complexity index is 2110. The second-order valence-corrected chi connectivity index (χ2v) is 9.57. The highest BCUT2D eigenvalue weighted by atomic mass is 14.8. The van der Waals surface area contributed by atoms with Crippen LogP contribution in [0, 0.1) is 0 Å². The van der Waals surface area contributed by atoms with Crippen molar-refractivity contribution in [3.8, 4) is 11.1 Å². The molecule has 184 valence electrons. The summed E-state index contributed by atoms with van der Waals surface area (Å²) < 4.78 is 0. The van der Waals surface area contributed by atoms with E-state index in [4.69, 9.17) is 0 Å². The molecule has 3 heterocycles. The van der Waals surface area contributed by atoms with Crippen LogP contribution in [0.3, 0.4) is 0 Å². The van der Waals surface area contributed by atoms with Crippen LogP contribution in [0.25, 0.3) is 60.2 Å². The molecule has 0 amide bonds. The third-order valence-electron chi connectivity index (χ3n) is 7.43. The monoisotopic (exact) mass is 500 g/mol. The molecule has 4 aromatic carbocycles. The van der Waals surface area contributed by atoms with Crippen molar-refractivity contribution in [2.24, 2.45) is 4.99 Å². The Kier molecular flexibility index (Phi) is 5.45. The van der Waals surface area contributed by atoms with Crippen molar-refractivity contribution in [3.63, 3.8) is 0 Å². The molecular weight excluding hydrogens is 476 g/mol. The summed E-state index contributed by atoms with van der Waals surface area (Å²) in [5.41, 5.74) is 9.05. The highest BCUT2D eigenvalue weighted by Crippen LogP contribution is 2.38. The van der Waals surface area contributed by atoms with Crippen LogP contribution < -0.4 is 0 Å². The van der Waals surface area contributed by atoms with Crippen LogP contribution in [0.15, 0.2) is 121 Å². The summed E-state index contributed by atoms with van der Waals surface area (Å²) in [5.74, 6) is 0. The first-order valence-corrected chi connectivity index (χ1v) is 12.9. The molecule has 0 spiro atoms. The lowest BCUT2D eigenvalue weighted by molar-refractivity contribution is 1.37. The number of allylic oxidation sites excluding steroid dienone is 1. The van der Waals surface area contributed by atoms with Crippen molar-refractivity contribution < 1.29 is 0 Å². The van der Waals surface area contributed by atoms with Gasteiger partial charge in [-0.1, -0.05) is 66.7 Å². The average Bonchev–Trinajstić information content (AvgIpc) is 3.00. The molecule has 0 unspecified atom stereocenters. The Labute approximate surface area is 226 Å². The molecule has 0 saturated carbocycles. The van der Waals surface area contributed by atoms with Crippen LogP contribution in [-0.2, 0) is 0 Å². The number of hydrogen-bond donors (Lipinski definition) is 0. The van der Waals surface area contributed by atoms with E-state index < -0.39 is 0 Å². The van der Waals surface area contributed by atoms with Crippen molar-refractivity contribution >= 4 is 61.5 Å². The van der Waals surface area contributed by atoms with Gasteiger partial charge in [0.25, 0.3) is 0 Å². The molecule has 0 aliphatic carbocycles. The fourth-order valence-corrected chi connectivity index (χ4v) is 5.57. The smallest absolute Gasteiger partial charge is 0.0970 e. The molecular formula is C35H24N4. The Morgan fingerprint density at radius 3 is 2.21 bits per heavy atom. The Balaban J connectivity index is 1.38. The Hall–Kier alpha value is -5.22. The number of nitrogens with zero attached hydrogens (tertiary/aromatic N) is 4. The van der Waals surface area contributed by atoms with Gasteiger partial charge in [0.2, 0.25) is 0 Å². The SMILES string of the molecule is C=Nc1c(/C(=C\C)c2ccc3ccc(-c4ccnc5c4ccc4cccnc45)cc3c2)ccc2cccnc12. The fourth-order valence-electron chi connectivity index (χ4n) is 5.57. The molecule has 0 aliphatic rings. The van der Waals surface area contributed by atoms with Gasteiger partial charge in [-0.15, -0.1) is 0 Å². The maximum atomic E-state index is 4.69. The van der Waals surface area contributed by atoms with Gasteiger partial charge in [0, 0.05) is 40.3 Å². The van der Waals surface area contributed by atoms with Gasteiger partial charge in [0.05, 0.1) is 22.2 Å². The van der Waals surface area contributed by atoms with Gasteiger partial charge in [-0.3, -0.25) is 19.9 Å². The first-order valence-electron chi connectivity index (χ1n) is 12.9. The molecule has 39 heavy (non-hydrogen) atoms. The maximum Gasteiger partial charge on any atom is 0.0970 e. The van der Waals surface area contributed by atoms with E-state index in [0.29, 0.717) is 0 Å². The summed E-state index contributed by atoms with van der Waals surface area (Å²) in [6, 6.07) is 31.8. The summed E-state index contributed by atoms with van der Waals surface area (Å²) in [6.45, 7) is 5.93. The highest BCUT2D eigenvalue weighted by molar-refractivity contribution is 6.08. The lowest BCUT2D eigenvalue weighted by atomic mass is 9.92. The first kappa shape index (κ1) is 22.9. The fraction of sp³-hybridized carbons (Fsp3) is 0.0286. The van der Waals surface area contributed by atoms with Crippen molar-refractivity contribution in [1.82, 2.24) is 15.0 Å². The summed E-state index contributed by atoms with van der Waals surface area (Å²) in [5, 5.41) is 5.59. The average molecular weight is 501 g/mol. The van der Waals surface area contributed by atoms with E-state index in [9.17, 15) is 0 Å². The number of benzene rings is 4. The zero-order valence-corrected chi connectivity index (χ0v) is 21.5. The Morgan fingerprint density at radius 1 is 0.667 bits per heavy atom. The van der Waals surface area contributed by atoms with Gasteiger partial charge in [-0.05, 0) is 77.0 Å². The van der Waals surface area contributed by atoms with Crippen LogP contribution in [0.4, 0.5) is 5.69 Å². The van der Waals surface area contributed by atoms with Crippen LogP contribution in [-0.4, -0.2) is 21.7 Å². The van der Waals surface area contributed by atoms with Crippen LogP contribution in [0.2, 0.25) is 0 Å². The van der Waals surface area contributed by atoms with Crippen LogP contribution >= 0.6 is 0 Å². The topological polar surface area (TPSA) is 51.0 Å². The summed E-state index contributed by atoms with van der Waals surface area (Å²) in [6.07, 6.45) is 7.64. The molecule has 0 bridgehead atoms. The van der Waals surface area contributed by atoms with E-state index in [1.54, 1.807) is 6.20 Å². The van der Waals surface area contributed by atoms with Crippen molar-refractivity contribution in [2.75, 3.05) is 0 Å². The van der Waals surface area contributed by atoms with Crippen molar-refractivity contribution in [3.05, 3.63) is 127 Å². The minimum atomic E-state index is 0.805. The van der Waals surface area contributed by atoms with E-state index >= 15 is 0 Å². The molecule has 3 aromatic heterocycles. The summed E-state index contributed by atoms with van der Waals surface area (Å²) >= 11 is 0. The first-order chi connectivity index (χ1) is 19.2. The molecule has 0 atom stereocenters. The lowest BCUT2D eigenvalue weighted by Gasteiger charge is -2.14. The molecule has 0 fully saturated rings. The summed E-state index contributed by atoms with van der Waals surface area (Å²) in [7, 11) is 0. The number of hydrogen-bond acceptors (Lipinski definition) is 4. The molecule has 7 rings (SSSR count). The number of aromatic nitrogens is 3. The third-order valence-corrected chi connectivity index (χ3v) is 7.43. The van der Waals surface area contributed by atoms with Crippen molar-refractivity contribution in [2.45, 2.75) is 6.92 Å². The molecule has 0 aliphatic heterocycles. The molecule has 0 N–H and O–H groups in total. The van der Waals surface area contributed by atoms with E-state index in [0.717, 1.165) is 66.2 Å². The van der Waals surface area contributed by atoms with Gasteiger partial charge in [0.1, 0.15) is 0 Å². The zero-order valence-electron chi connectivity index (χ0n) is 21.5. The second-order valence-electron chi connectivity index (χ2n) is 9.57. The normalized spacial score (nSPS) is 12.0. The van der Waals surface area contributed by atoms with Gasteiger partial charge < -0.3 is 0 Å². The van der Waals surface area contributed by atoms with E-state index in [2.05, 4.69) is 119 Å². The number of fused-ring (bicyclic) bond motifs is 5. The van der Waals surface area contributed by atoms with Crippen LogP contribution in [0.1, 0.15) is 18.1 Å². The summed E-state index contributed by atoms with van der Waals surface area (Å²) in [4.78, 5) is 18.3. The largest absolute Gasteiger partial charge is 0.262 e. The lowest BCUT2D eigenvalue weighted by Crippen LogP contribution is -1.92. The second kappa shape index (κ2) is 9.26. The predicted octanol–water partition coefficient (Wildman–Crippen LogP) is 8.94. The van der Waals surface area contributed by atoms with E-state index in [1.165, 1.54) is 10.8 Å². The number of rotatable bonds is 4. The van der Waals surface area contributed by atoms with E-state index in [1.807, 2.05) is 24.5 Å². The van der Waals surface area contributed by atoms with Crippen molar-refractivity contribution in [1.29, 1.82) is 0 Å². The quantitative estimate of drug-likeness (QED) is 0.179. The van der Waals surface area contributed by atoms with Gasteiger partial charge in [-0.25, -0.2) is 0 Å². The molecule has 4 heteroatoms. The van der Waals surface area contributed by atoms with Crippen LogP contribution in [0.5, 0.6) is 0 Å². The maximum absolute atomic E-state index is 4.69. The highest BCUT2D eigenvalue weighted by Gasteiger charge is 2.14. The van der Waals surface area contributed by atoms with E-state index in [-0.39, 0.29) is 0 Å². The Morgan fingerprint density at radius 2 is 1.38 bits per heavy atom. The molecule has 0 saturated heterocycles. The molecule has 7 aromatic rings. The molecule has 0 radical (unpaired) electrons. The standard InChI is InChI=1S/C35H24N4/c1-3-28(30-14-12-23-6-4-17-37-32(23)34(30)36-2)25-10-8-22-9-11-26(21-27(22)20-25)29-16-19-39-35-31(29)15-13-24-7-5-18-38-33(24)35/h3-21H,2H2,1H3/b28-3-. The van der Waals surface area contributed by atoms with Gasteiger partial charge >= 0.3 is 0 Å².